The Morgan fingerprint density at radius 2 is 2.17 bits per heavy atom. The van der Waals surface area contributed by atoms with Crippen LogP contribution in [0.2, 0.25) is 0 Å². The molecule has 4 N–H and O–H groups in total. The smallest absolute Gasteiger partial charge is 0.136 e. The van der Waals surface area contributed by atoms with Gasteiger partial charge in [0.1, 0.15) is 5.82 Å². The van der Waals surface area contributed by atoms with Gasteiger partial charge in [0, 0.05) is 12.6 Å². The maximum atomic E-state index is 13.0. The zero-order chi connectivity index (χ0) is 9.14. The zero-order valence-corrected chi connectivity index (χ0v) is 8.58. The van der Waals surface area contributed by atoms with Gasteiger partial charge in [-0.2, -0.15) is 0 Å². The van der Waals surface area contributed by atoms with E-state index in [1.807, 2.05) is 22.6 Å². The van der Waals surface area contributed by atoms with Crippen LogP contribution in [0.15, 0.2) is 18.2 Å². The van der Waals surface area contributed by atoms with Crippen LogP contribution in [0.3, 0.4) is 0 Å². The van der Waals surface area contributed by atoms with E-state index < -0.39 is 0 Å². The van der Waals surface area contributed by atoms with Crippen molar-refractivity contribution in [1.29, 1.82) is 0 Å². The highest BCUT2D eigenvalue weighted by Gasteiger charge is 2.10. The van der Waals surface area contributed by atoms with Gasteiger partial charge in [-0.3, -0.25) is 0 Å². The summed E-state index contributed by atoms with van der Waals surface area (Å²) in [7, 11) is 0. The third-order valence-corrected chi connectivity index (χ3v) is 2.77. The Labute approximate surface area is 84.3 Å². The molecule has 0 aromatic heterocycles. The normalized spacial score (nSPS) is 13.0. The van der Waals surface area contributed by atoms with Crippen LogP contribution in [0.5, 0.6) is 0 Å². The van der Waals surface area contributed by atoms with Gasteiger partial charge in [-0.05, 0) is 34.2 Å². The van der Waals surface area contributed by atoms with Crippen molar-refractivity contribution >= 4 is 22.6 Å². The van der Waals surface area contributed by atoms with Gasteiger partial charge in [0.25, 0.3) is 0 Å². The third-order valence-electron chi connectivity index (χ3n) is 1.63. The van der Waals surface area contributed by atoms with Crippen molar-refractivity contribution in [3.8, 4) is 0 Å². The van der Waals surface area contributed by atoms with Crippen LogP contribution >= 0.6 is 22.6 Å². The average Bonchev–Trinajstić information content (AvgIpc) is 2.08. The molecule has 1 rings (SSSR count). The van der Waals surface area contributed by atoms with Gasteiger partial charge in [-0.15, -0.1) is 0 Å². The van der Waals surface area contributed by atoms with Gasteiger partial charge in [-0.25, -0.2) is 4.39 Å². The summed E-state index contributed by atoms with van der Waals surface area (Å²) in [5, 5.41) is 0. The van der Waals surface area contributed by atoms with Crippen molar-refractivity contribution in [3.05, 3.63) is 33.1 Å². The largest absolute Gasteiger partial charge is 0.329 e. The molecule has 0 heterocycles. The molecule has 0 aliphatic carbocycles. The lowest BCUT2D eigenvalue weighted by Gasteiger charge is -2.11. The number of halogens is 2. The minimum Gasteiger partial charge on any atom is -0.329 e. The molecule has 0 saturated carbocycles. The summed E-state index contributed by atoms with van der Waals surface area (Å²) < 4.78 is 13.5. The Bertz CT molecular complexity index is 278. The molecular formula is C8H10FIN2. The Kier molecular flexibility index (Phi) is 3.42. The summed E-state index contributed by atoms with van der Waals surface area (Å²) >= 11 is 1.93. The number of nitrogens with two attached hydrogens (primary N) is 2. The monoisotopic (exact) mass is 280 g/mol. The lowest BCUT2D eigenvalue weighted by Crippen LogP contribution is -2.21. The summed E-state index contributed by atoms with van der Waals surface area (Å²) in [6, 6.07) is 4.58. The summed E-state index contributed by atoms with van der Waals surface area (Å²) in [6.07, 6.45) is 0. The van der Waals surface area contributed by atoms with E-state index in [9.17, 15) is 4.39 Å². The topological polar surface area (TPSA) is 52.0 Å². The van der Waals surface area contributed by atoms with E-state index >= 15 is 0 Å². The molecule has 0 aliphatic rings. The van der Waals surface area contributed by atoms with E-state index in [0.717, 1.165) is 5.56 Å². The molecule has 12 heavy (non-hydrogen) atoms. The Morgan fingerprint density at radius 3 is 2.75 bits per heavy atom. The number of hydrogen-bond donors (Lipinski definition) is 2. The van der Waals surface area contributed by atoms with Crippen molar-refractivity contribution in [1.82, 2.24) is 0 Å². The van der Waals surface area contributed by atoms with Crippen molar-refractivity contribution in [3.63, 3.8) is 0 Å². The van der Waals surface area contributed by atoms with Crippen LogP contribution < -0.4 is 11.5 Å². The highest BCUT2D eigenvalue weighted by molar-refractivity contribution is 14.1. The quantitative estimate of drug-likeness (QED) is 0.804. The summed E-state index contributed by atoms with van der Waals surface area (Å²) in [5.74, 6) is -0.239. The second-order valence-corrected chi connectivity index (χ2v) is 3.56. The second kappa shape index (κ2) is 4.15. The first-order chi connectivity index (χ1) is 5.66. The van der Waals surface area contributed by atoms with E-state index in [-0.39, 0.29) is 11.9 Å². The molecule has 0 spiro atoms. The molecule has 0 saturated heterocycles. The molecule has 0 radical (unpaired) electrons. The van der Waals surface area contributed by atoms with Gasteiger partial charge in [0.05, 0.1) is 3.57 Å². The molecule has 0 aliphatic heterocycles. The number of benzene rings is 1. The van der Waals surface area contributed by atoms with E-state index in [4.69, 9.17) is 11.5 Å². The molecule has 1 aromatic carbocycles. The second-order valence-electron chi connectivity index (χ2n) is 2.49. The molecule has 66 valence electrons. The molecule has 4 heteroatoms. The van der Waals surface area contributed by atoms with Crippen molar-refractivity contribution in [2.75, 3.05) is 6.54 Å². The third kappa shape index (κ3) is 1.94. The van der Waals surface area contributed by atoms with E-state index in [0.29, 0.717) is 10.1 Å². The van der Waals surface area contributed by atoms with E-state index in [1.54, 1.807) is 12.1 Å². The molecule has 2 nitrogen and oxygen atoms in total. The maximum absolute atomic E-state index is 13.0. The zero-order valence-electron chi connectivity index (χ0n) is 6.43. The Hall–Kier alpha value is -0.200. The predicted molar refractivity (Wildman–Crippen MR) is 55.1 cm³/mol. The molecule has 0 bridgehead atoms. The fourth-order valence-corrected chi connectivity index (χ4v) is 1.69. The summed E-state index contributed by atoms with van der Waals surface area (Å²) in [4.78, 5) is 0. The Balaban J connectivity index is 3.07. The van der Waals surface area contributed by atoms with Crippen LogP contribution in [-0.2, 0) is 0 Å². The van der Waals surface area contributed by atoms with Crippen LogP contribution in [0, 0.1) is 9.39 Å². The first-order valence-corrected chi connectivity index (χ1v) is 4.64. The lowest BCUT2D eigenvalue weighted by molar-refractivity contribution is 0.610. The fourth-order valence-electron chi connectivity index (χ4n) is 0.934. The summed E-state index contributed by atoms with van der Waals surface area (Å²) in [6.45, 7) is 0.333. The fraction of sp³-hybridized carbons (Fsp3) is 0.250. The van der Waals surface area contributed by atoms with Crippen LogP contribution in [0.25, 0.3) is 0 Å². The first-order valence-electron chi connectivity index (χ1n) is 3.56. The van der Waals surface area contributed by atoms with Crippen LogP contribution in [0.1, 0.15) is 11.6 Å². The highest BCUT2D eigenvalue weighted by Crippen LogP contribution is 2.20. The van der Waals surface area contributed by atoms with E-state index in [2.05, 4.69) is 0 Å². The van der Waals surface area contributed by atoms with Crippen LogP contribution in [0.4, 0.5) is 4.39 Å². The average molecular weight is 280 g/mol. The Morgan fingerprint density at radius 1 is 1.50 bits per heavy atom. The molecule has 0 unspecified atom stereocenters. The molecular weight excluding hydrogens is 270 g/mol. The molecule has 1 aromatic rings. The molecule has 0 fully saturated rings. The summed E-state index contributed by atoms with van der Waals surface area (Å²) in [5.41, 5.74) is 11.8. The maximum Gasteiger partial charge on any atom is 0.136 e. The van der Waals surface area contributed by atoms with Gasteiger partial charge < -0.3 is 11.5 Å². The van der Waals surface area contributed by atoms with Gasteiger partial charge >= 0.3 is 0 Å². The SMILES string of the molecule is NC[C@H](N)c1cccc(F)c1I. The van der Waals surface area contributed by atoms with Crippen molar-refractivity contribution in [2.24, 2.45) is 11.5 Å². The first kappa shape index (κ1) is 9.88. The van der Waals surface area contributed by atoms with Gasteiger partial charge in [0.2, 0.25) is 0 Å². The predicted octanol–water partition coefficient (Wildman–Crippen LogP) is 1.39. The van der Waals surface area contributed by atoms with E-state index in [1.165, 1.54) is 6.07 Å². The van der Waals surface area contributed by atoms with Gasteiger partial charge in [-0.1, -0.05) is 12.1 Å². The number of rotatable bonds is 2. The van der Waals surface area contributed by atoms with Crippen molar-refractivity contribution in [2.45, 2.75) is 6.04 Å². The van der Waals surface area contributed by atoms with Crippen LogP contribution in [-0.4, -0.2) is 6.54 Å². The minimum atomic E-state index is -0.271. The standard InChI is InChI=1S/C8H10FIN2/c9-6-3-1-2-5(8(6)10)7(12)4-11/h1-3,7H,4,11-12H2/t7-/m0/s1. The highest BCUT2D eigenvalue weighted by atomic mass is 127. The van der Waals surface area contributed by atoms with Gasteiger partial charge in [0.15, 0.2) is 0 Å². The van der Waals surface area contributed by atoms with Crippen molar-refractivity contribution < 1.29 is 4.39 Å². The molecule has 1 atom stereocenters. The number of hydrogen-bond acceptors (Lipinski definition) is 2. The lowest BCUT2D eigenvalue weighted by atomic mass is 10.1. The molecule has 0 amide bonds. The minimum absolute atomic E-state index is 0.239.